The van der Waals surface area contributed by atoms with Crippen LogP contribution in [-0.2, 0) is 6.42 Å². The summed E-state index contributed by atoms with van der Waals surface area (Å²) in [6, 6.07) is 19.8. The van der Waals surface area contributed by atoms with Gasteiger partial charge in [0, 0.05) is 24.6 Å². The molecule has 0 aliphatic carbocycles. The van der Waals surface area contributed by atoms with Crippen LogP contribution in [0.2, 0.25) is 0 Å². The largest absolute Gasteiger partial charge is 0.477 e. The molecule has 0 amide bonds. The summed E-state index contributed by atoms with van der Waals surface area (Å²) in [6.45, 7) is 3.18. The van der Waals surface area contributed by atoms with E-state index in [1.807, 2.05) is 53.2 Å². The van der Waals surface area contributed by atoms with E-state index in [4.69, 9.17) is 4.74 Å². The number of Topliss-reactive ketones (excluding diaryl/α,β-unsaturated/α-hetero) is 1. The smallest absolute Gasteiger partial charge is 0.233 e. The topological polar surface area (TPSA) is 47.4 Å². The van der Waals surface area contributed by atoms with Crippen molar-refractivity contribution in [1.82, 2.24) is 14.7 Å². The Morgan fingerprint density at radius 2 is 1.79 bits per heavy atom. The highest BCUT2D eigenvalue weighted by Crippen LogP contribution is 2.21. The summed E-state index contributed by atoms with van der Waals surface area (Å²) in [4.78, 5) is 13.7. The third-order valence-corrected chi connectivity index (χ3v) is 4.51. The van der Waals surface area contributed by atoms with Crippen LogP contribution in [0.15, 0.2) is 60.7 Å². The summed E-state index contributed by atoms with van der Waals surface area (Å²) in [6.07, 6.45) is 1.70. The quantitative estimate of drug-likeness (QED) is 0.418. The Morgan fingerprint density at radius 3 is 2.43 bits per heavy atom. The number of carbonyl (C=O) groups excluding carboxylic acids is 1. The van der Waals surface area contributed by atoms with Crippen molar-refractivity contribution in [2.45, 2.75) is 19.8 Å². The van der Waals surface area contributed by atoms with Gasteiger partial charge in [-0.25, -0.2) is 4.68 Å². The lowest BCUT2D eigenvalue weighted by Gasteiger charge is -2.09. The van der Waals surface area contributed by atoms with E-state index in [1.165, 1.54) is 5.56 Å². The second kappa shape index (κ2) is 9.33. The van der Waals surface area contributed by atoms with E-state index < -0.39 is 0 Å². The zero-order chi connectivity index (χ0) is 19.9. The minimum absolute atomic E-state index is 0.0569. The molecule has 0 saturated heterocycles. The second-order valence-corrected chi connectivity index (χ2v) is 7.16. The van der Waals surface area contributed by atoms with Crippen LogP contribution in [0.4, 0.5) is 0 Å². The van der Waals surface area contributed by atoms with Gasteiger partial charge in [0.05, 0.1) is 18.0 Å². The third kappa shape index (κ3) is 5.30. The van der Waals surface area contributed by atoms with Crippen molar-refractivity contribution in [2.24, 2.45) is 0 Å². The lowest BCUT2D eigenvalue weighted by atomic mass is 10.1. The molecule has 1 heterocycles. The van der Waals surface area contributed by atoms with E-state index in [1.54, 1.807) is 6.92 Å². The summed E-state index contributed by atoms with van der Waals surface area (Å²) < 4.78 is 7.79. The number of benzene rings is 2. The lowest BCUT2D eigenvalue weighted by Crippen LogP contribution is -2.15. The molecule has 28 heavy (non-hydrogen) atoms. The van der Waals surface area contributed by atoms with Crippen LogP contribution in [0.5, 0.6) is 5.88 Å². The Morgan fingerprint density at radius 1 is 1.07 bits per heavy atom. The van der Waals surface area contributed by atoms with Crippen molar-refractivity contribution < 1.29 is 9.53 Å². The van der Waals surface area contributed by atoms with E-state index in [0.717, 1.165) is 30.8 Å². The van der Waals surface area contributed by atoms with E-state index in [2.05, 4.69) is 36.2 Å². The van der Waals surface area contributed by atoms with Gasteiger partial charge in [-0.05, 0) is 57.3 Å². The maximum Gasteiger partial charge on any atom is 0.233 e. The van der Waals surface area contributed by atoms with Crippen LogP contribution in [0.3, 0.4) is 0 Å². The summed E-state index contributed by atoms with van der Waals surface area (Å²) in [5.41, 5.74) is 3.87. The lowest BCUT2D eigenvalue weighted by molar-refractivity contribution is 0.101. The van der Waals surface area contributed by atoms with Gasteiger partial charge in [-0.3, -0.25) is 4.79 Å². The van der Waals surface area contributed by atoms with E-state index in [-0.39, 0.29) is 5.78 Å². The van der Waals surface area contributed by atoms with Crippen LogP contribution >= 0.6 is 0 Å². The fourth-order valence-electron chi connectivity index (χ4n) is 3.02. The van der Waals surface area contributed by atoms with Gasteiger partial charge < -0.3 is 9.64 Å². The highest BCUT2D eigenvalue weighted by atomic mass is 16.5. The zero-order valence-electron chi connectivity index (χ0n) is 16.8. The maximum absolute atomic E-state index is 11.6. The number of aromatic nitrogens is 2. The van der Waals surface area contributed by atoms with Gasteiger partial charge in [0.1, 0.15) is 0 Å². The van der Waals surface area contributed by atoms with Crippen molar-refractivity contribution in [3.8, 4) is 11.6 Å². The standard InChI is InChI=1S/C23H27N3O2/c1-18(27)20-10-12-21(13-11-20)26-22(16-19-8-5-4-6-9-19)17-23(24-26)28-15-7-14-25(2)3/h4-6,8-13,17H,7,14-16H2,1-3H3. The fourth-order valence-corrected chi connectivity index (χ4v) is 3.02. The van der Waals surface area contributed by atoms with Crippen molar-refractivity contribution in [3.63, 3.8) is 0 Å². The molecular weight excluding hydrogens is 350 g/mol. The Kier molecular flexibility index (Phi) is 6.61. The summed E-state index contributed by atoms with van der Waals surface area (Å²) in [5, 5.41) is 4.66. The van der Waals surface area contributed by atoms with E-state index in [9.17, 15) is 4.79 Å². The van der Waals surface area contributed by atoms with Gasteiger partial charge in [0.15, 0.2) is 5.78 Å². The predicted molar refractivity (Wildman–Crippen MR) is 111 cm³/mol. The Bertz CT molecular complexity index is 899. The third-order valence-electron chi connectivity index (χ3n) is 4.51. The number of carbonyl (C=O) groups is 1. The first kappa shape index (κ1) is 19.8. The Balaban J connectivity index is 1.84. The predicted octanol–water partition coefficient (Wildman–Crippen LogP) is 4.00. The SMILES string of the molecule is CC(=O)c1ccc(-n2nc(OCCCN(C)C)cc2Cc2ccccc2)cc1. The van der Waals surface area contributed by atoms with Gasteiger partial charge >= 0.3 is 0 Å². The number of hydrogen-bond donors (Lipinski definition) is 0. The molecule has 0 aliphatic heterocycles. The molecule has 5 nitrogen and oxygen atoms in total. The van der Waals surface area contributed by atoms with Crippen molar-refractivity contribution >= 4 is 5.78 Å². The van der Waals surface area contributed by atoms with Crippen LogP contribution in [0.1, 0.15) is 35.0 Å². The molecule has 0 saturated carbocycles. The number of rotatable bonds is 9. The number of nitrogens with zero attached hydrogens (tertiary/aromatic N) is 3. The maximum atomic E-state index is 11.6. The van der Waals surface area contributed by atoms with Crippen molar-refractivity contribution in [1.29, 1.82) is 0 Å². The molecule has 0 spiro atoms. The molecule has 146 valence electrons. The van der Waals surface area contributed by atoms with Gasteiger partial charge in [-0.2, -0.15) is 0 Å². The number of ketones is 1. The number of ether oxygens (including phenoxy) is 1. The van der Waals surface area contributed by atoms with Crippen molar-refractivity contribution in [3.05, 3.63) is 77.5 Å². The molecule has 0 bridgehead atoms. The molecule has 2 aromatic carbocycles. The summed E-state index contributed by atoms with van der Waals surface area (Å²) in [7, 11) is 4.11. The second-order valence-electron chi connectivity index (χ2n) is 7.16. The van der Waals surface area contributed by atoms with Crippen LogP contribution in [-0.4, -0.2) is 47.7 Å². The highest BCUT2D eigenvalue weighted by Gasteiger charge is 2.12. The van der Waals surface area contributed by atoms with Crippen LogP contribution < -0.4 is 4.74 Å². The summed E-state index contributed by atoms with van der Waals surface area (Å²) >= 11 is 0. The zero-order valence-corrected chi connectivity index (χ0v) is 16.8. The minimum Gasteiger partial charge on any atom is -0.477 e. The van der Waals surface area contributed by atoms with Gasteiger partial charge in [0.25, 0.3) is 0 Å². The molecule has 0 radical (unpaired) electrons. The number of hydrogen-bond acceptors (Lipinski definition) is 4. The molecule has 3 aromatic rings. The minimum atomic E-state index is 0.0569. The molecule has 0 atom stereocenters. The molecular formula is C23H27N3O2. The Labute approximate surface area is 166 Å². The highest BCUT2D eigenvalue weighted by molar-refractivity contribution is 5.94. The average molecular weight is 377 g/mol. The van der Waals surface area contributed by atoms with Gasteiger partial charge in [0.2, 0.25) is 5.88 Å². The fraction of sp³-hybridized carbons (Fsp3) is 0.304. The Hall–Kier alpha value is -2.92. The van der Waals surface area contributed by atoms with Gasteiger partial charge in [-0.15, -0.1) is 5.10 Å². The van der Waals surface area contributed by atoms with E-state index in [0.29, 0.717) is 18.1 Å². The monoisotopic (exact) mass is 377 g/mol. The first-order valence-corrected chi connectivity index (χ1v) is 9.54. The van der Waals surface area contributed by atoms with Crippen LogP contribution in [0, 0.1) is 0 Å². The molecule has 5 heteroatoms. The first-order valence-electron chi connectivity index (χ1n) is 9.54. The first-order chi connectivity index (χ1) is 13.5. The molecule has 3 rings (SSSR count). The molecule has 0 fully saturated rings. The van der Waals surface area contributed by atoms with Crippen molar-refractivity contribution in [2.75, 3.05) is 27.2 Å². The molecule has 0 N–H and O–H groups in total. The normalized spacial score (nSPS) is 11.0. The molecule has 1 aromatic heterocycles. The van der Waals surface area contributed by atoms with E-state index >= 15 is 0 Å². The van der Waals surface area contributed by atoms with Gasteiger partial charge in [-0.1, -0.05) is 30.3 Å². The van der Waals surface area contributed by atoms with Crippen LogP contribution in [0.25, 0.3) is 5.69 Å². The average Bonchev–Trinajstić information content (AvgIpc) is 3.08. The molecule has 0 aliphatic rings. The summed E-state index contributed by atoms with van der Waals surface area (Å²) in [5.74, 6) is 0.682. The molecule has 0 unspecified atom stereocenters.